The summed E-state index contributed by atoms with van der Waals surface area (Å²) in [6, 6.07) is 4.75. The monoisotopic (exact) mass is 373 g/mol. The van der Waals surface area contributed by atoms with Crippen LogP contribution in [-0.4, -0.2) is 62.4 Å². The van der Waals surface area contributed by atoms with Gasteiger partial charge in [-0.1, -0.05) is 23.2 Å². The molecule has 3 N–H and O–H groups in total. The summed E-state index contributed by atoms with van der Waals surface area (Å²) >= 11 is 11.7. The van der Waals surface area contributed by atoms with Gasteiger partial charge in [0.25, 0.3) is 11.8 Å². The number of piperazine rings is 1. The van der Waals surface area contributed by atoms with E-state index < -0.39 is 0 Å². The number of hydrogen-bond acceptors (Lipinski definition) is 3. The molecule has 0 radical (unpaired) electrons. The minimum absolute atomic E-state index is 0.0657. The highest BCUT2D eigenvalue weighted by Crippen LogP contribution is 2.24. The lowest BCUT2D eigenvalue weighted by atomic mass is 10.3. The smallest absolute Gasteiger partial charge is 0.277 e. The Labute approximate surface area is 149 Å². The van der Waals surface area contributed by atoms with Crippen LogP contribution in [0.3, 0.4) is 0 Å². The molecule has 9 heteroatoms. The van der Waals surface area contributed by atoms with E-state index in [4.69, 9.17) is 23.2 Å². The third-order valence-electron chi connectivity index (χ3n) is 3.62. The van der Waals surface area contributed by atoms with Gasteiger partial charge >= 0.3 is 0 Å². The first-order chi connectivity index (χ1) is 11.3. The van der Waals surface area contributed by atoms with Gasteiger partial charge in [0, 0.05) is 12.7 Å². The third-order valence-corrected chi connectivity index (χ3v) is 4.36. The van der Waals surface area contributed by atoms with E-state index in [0.717, 1.165) is 4.90 Å². The zero-order chi connectivity index (χ0) is 17.7. The quantitative estimate of drug-likeness (QED) is 0.644. The maximum atomic E-state index is 12.2. The van der Waals surface area contributed by atoms with Crippen molar-refractivity contribution >= 4 is 46.6 Å². The number of halogens is 2. The second-order valence-corrected chi connectivity index (χ2v) is 6.44. The molecule has 1 fully saturated rings. The number of nitrogens with one attached hydrogen (secondary N) is 3. The highest BCUT2D eigenvalue weighted by molar-refractivity contribution is 6.42. The minimum Gasteiger partial charge on any atom is -0.346 e. The summed E-state index contributed by atoms with van der Waals surface area (Å²) in [5.41, 5.74) is 0.508. The fourth-order valence-electron chi connectivity index (χ4n) is 2.33. The summed E-state index contributed by atoms with van der Waals surface area (Å²) in [5.74, 6) is -0.594. The number of hydrogen-bond donors (Lipinski definition) is 3. The second kappa shape index (κ2) is 8.32. The molecule has 1 atom stereocenters. The van der Waals surface area contributed by atoms with Crippen LogP contribution < -0.4 is 15.5 Å². The van der Waals surface area contributed by atoms with Crippen LogP contribution >= 0.6 is 23.2 Å². The molecule has 7 nitrogen and oxygen atoms in total. The summed E-state index contributed by atoms with van der Waals surface area (Å²) in [7, 11) is 1.56. The minimum atomic E-state index is -0.337. The van der Waals surface area contributed by atoms with E-state index in [0.29, 0.717) is 28.8 Å². The molecule has 24 heavy (non-hydrogen) atoms. The molecule has 130 valence electrons. The topological polar surface area (TPSA) is 82.9 Å². The predicted octanol–water partition coefficient (Wildman–Crippen LogP) is -0.595. The van der Waals surface area contributed by atoms with Crippen LogP contribution in [0.25, 0.3) is 0 Å². The SMILES string of the molecule is CN(CC(=O)Nc1ccc(Cl)c(Cl)c1)C(=O)C[NH+]1CCNC(=O)C1. The molecule has 1 aliphatic rings. The Morgan fingerprint density at radius 2 is 2.08 bits per heavy atom. The lowest BCUT2D eigenvalue weighted by molar-refractivity contribution is -0.885. The zero-order valence-corrected chi connectivity index (χ0v) is 14.7. The van der Waals surface area contributed by atoms with Gasteiger partial charge in [-0.05, 0) is 18.2 Å². The standard InChI is InChI=1S/C15H18Cl2N4O3/c1-20(15(24)9-21-5-4-18-13(22)8-21)7-14(23)19-10-2-3-11(16)12(17)6-10/h2-3,6H,4-5,7-9H2,1H3,(H,18,22)(H,19,23)/p+1. The normalized spacial score (nSPS) is 17.1. The molecule has 3 amide bonds. The van der Waals surface area contributed by atoms with Gasteiger partial charge in [0.1, 0.15) is 0 Å². The van der Waals surface area contributed by atoms with Crippen molar-refractivity contribution < 1.29 is 19.3 Å². The summed E-state index contributed by atoms with van der Waals surface area (Å²) in [5, 5.41) is 6.11. The van der Waals surface area contributed by atoms with Crippen molar-refractivity contribution in [3.8, 4) is 0 Å². The average Bonchev–Trinajstić information content (AvgIpc) is 2.50. The number of likely N-dealkylation sites (N-methyl/N-ethyl adjacent to an activating group) is 1. The third kappa shape index (κ3) is 5.36. The van der Waals surface area contributed by atoms with Gasteiger partial charge < -0.3 is 20.4 Å². The Balaban J connectivity index is 1.82. The molecule has 0 spiro atoms. The van der Waals surface area contributed by atoms with Crippen molar-refractivity contribution in [3.63, 3.8) is 0 Å². The van der Waals surface area contributed by atoms with E-state index in [1.807, 2.05) is 0 Å². The van der Waals surface area contributed by atoms with Crippen LogP contribution in [0, 0.1) is 0 Å². The summed E-state index contributed by atoms with van der Waals surface area (Å²) in [4.78, 5) is 37.7. The van der Waals surface area contributed by atoms with Gasteiger partial charge in [-0.25, -0.2) is 0 Å². The van der Waals surface area contributed by atoms with Crippen LogP contribution in [0.15, 0.2) is 18.2 Å². The highest BCUT2D eigenvalue weighted by Gasteiger charge is 2.24. The number of amides is 3. The van der Waals surface area contributed by atoms with Crippen LogP contribution in [0.4, 0.5) is 5.69 Å². The average molecular weight is 374 g/mol. The van der Waals surface area contributed by atoms with E-state index in [-0.39, 0.29) is 37.4 Å². The fraction of sp³-hybridized carbons (Fsp3) is 0.400. The predicted molar refractivity (Wildman–Crippen MR) is 91.3 cm³/mol. The van der Waals surface area contributed by atoms with Crippen LogP contribution in [0.5, 0.6) is 0 Å². The Hall–Kier alpha value is -1.83. The Morgan fingerprint density at radius 1 is 1.33 bits per heavy atom. The summed E-state index contributed by atoms with van der Waals surface area (Å²) < 4.78 is 0. The van der Waals surface area contributed by atoms with Crippen molar-refractivity contribution in [1.29, 1.82) is 0 Å². The number of anilines is 1. The number of quaternary nitrogens is 1. The lowest BCUT2D eigenvalue weighted by Crippen LogP contribution is -3.16. The first-order valence-corrected chi connectivity index (χ1v) is 8.20. The molecule has 2 rings (SSSR count). The Morgan fingerprint density at radius 3 is 2.75 bits per heavy atom. The summed E-state index contributed by atoms with van der Waals surface area (Å²) in [6.45, 7) is 1.63. The number of carbonyl (C=O) groups is 3. The summed E-state index contributed by atoms with van der Waals surface area (Å²) in [6.07, 6.45) is 0. The van der Waals surface area contributed by atoms with E-state index >= 15 is 0 Å². The van der Waals surface area contributed by atoms with Gasteiger partial charge in [-0.3, -0.25) is 14.4 Å². The van der Waals surface area contributed by atoms with Gasteiger partial charge in [-0.2, -0.15) is 0 Å². The van der Waals surface area contributed by atoms with E-state index in [9.17, 15) is 14.4 Å². The Bertz CT molecular complexity index is 654. The Kier molecular flexibility index (Phi) is 6.42. The molecule has 0 aromatic heterocycles. The van der Waals surface area contributed by atoms with Gasteiger partial charge in [0.15, 0.2) is 13.1 Å². The van der Waals surface area contributed by atoms with Crippen molar-refractivity contribution in [2.24, 2.45) is 0 Å². The van der Waals surface area contributed by atoms with Crippen molar-refractivity contribution in [2.75, 3.05) is 45.1 Å². The van der Waals surface area contributed by atoms with Gasteiger partial charge in [0.05, 0.1) is 29.7 Å². The zero-order valence-electron chi connectivity index (χ0n) is 13.2. The number of carbonyl (C=O) groups excluding carboxylic acids is 3. The van der Waals surface area contributed by atoms with Gasteiger partial charge in [0.2, 0.25) is 5.91 Å². The number of benzene rings is 1. The molecule has 0 saturated carbocycles. The van der Waals surface area contributed by atoms with Crippen molar-refractivity contribution in [1.82, 2.24) is 10.2 Å². The van der Waals surface area contributed by atoms with E-state index in [2.05, 4.69) is 10.6 Å². The molecular formula is C15H19Cl2N4O3+. The maximum Gasteiger partial charge on any atom is 0.277 e. The molecular weight excluding hydrogens is 355 g/mol. The molecule has 1 aromatic carbocycles. The highest BCUT2D eigenvalue weighted by atomic mass is 35.5. The largest absolute Gasteiger partial charge is 0.346 e. The van der Waals surface area contributed by atoms with Crippen LogP contribution in [0.1, 0.15) is 0 Å². The second-order valence-electron chi connectivity index (χ2n) is 5.63. The molecule has 1 heterocycles. The van der Waals surface area contributed by atoms with Crippen LogP contribution in [-0.2, 0) is 14.4 Å². The molecule has 1 unspecified atom stereocenters. The fourth-order valence-corrected chi connectivity index (χ4v) is 2.63. The lowest BCUT2D eigenvalue weighted by Gasteiger charge is -2.25. The molecule has 1 aromatic rings. The maximum absolute atomic E-state index is 12.2. The molecule has 1 saturated heterocycles. The van der Waals surface area contributed by atoms with Crippen molar-refractivity contribution in [2.45, 2.75) is 0 Å². The van der Waals surface area contributed by atoms with Crippen LogP contribution in [0.2, 0.25) is 10.0 Å². The van der Waals surface area contributed by atoms with E-state index in [1.54, 1.807) is 25.2 Å². The first-order valence-electron chi connectivity index (χ1n) is 7.44. The molecule has 0 bridgehead atoms. The van der Waals surface area contributed by atoms with Gasteiger partial charge in [-0.15, -0.1) is 0 Å². The molecule has 0 aliphatic carbocycles. The molecule has 1 aliphatic heterocycles. The number of nitrogens with zero attached hydrogens (tertiary/aromatic N) is 1. The number of rotatable bonds is 5. The first kappa shape index (κ1) is 18.5. The van der Waals surface area contributed by atoms with E-state index in [1.165, 1.54) is 4.90 Å². The van der Waals surface area contributed by atoms with Crippen molar-refractivity contribution in [3.05, 3.63) is 28.2 Å².